The first kappa shape index (κ1) is 12.2. The minimum absolute atomic E-state index is 0.294. The second-order valence-electron chi connectivity index (χ2n) is 5.48. The van der Waals surface area contributed by atoms with Gasteiger partial charge in [0, 0.05) is 13.1 Å². The number of rotatable bonds is 2. The molecule has 1 fully saturated rings. The minimum atomic E-state index is 0.294. The Hall–Kier alpha value is -1.85. The van der Waals surface area contributed by atoms with E-state index in [4.69, 9.17) is 5.73 Å². The van der Waals surface area contributed by atoms with Crippen molar-refractivity contribution in [3.05, 3.63) is 6.20 Å². The maximum Gasteiger partial charge on any atom is 0.224 e. The molecule has 6 heteroatoms. The fourth-order valence-corrected chi connectivity index (χ4v) is 3.13. The number of aromatic nitrogens is 4. The quantitative estimate of drug-likeness (QED) is 0.862. The van der Waals surface area contributed by atoms with Crippen molar-refractivity contribution in [1.82, 2.24) is 20.2 Å². The average Bonchev–Trinajstić information content (AvgIpc) is 2.85. The summed E-state index contributed by atoms with van der Waals surface area (Å²) in [6.45, 7) is 2.32. The number of aromatic amines is 1. The van der Waals surface area contributed by atoms with Crippen LogP contribution in [0.1, 0.15) is 32.6 Å². The van der Waals surface area contributed by atoms with Crippen molar-refractivity contribution < 1.29 is 0 Å². The lowest BCUT2D eigenvalue weighted by Crippen LogP contribution is -2.39. The van der Waals surface area contributed by atoms with Gasteiger partial charge in [-0.05, 0) is 18.8 Å². The van der Waals surface area contributed by atoms with Gasteiger partial charge in [0.15, 0.2) is 5.65 Å². The maximum absolute atomic E-state index is 5.79. The van der Waals surface area contributed by atoms with Crippen molar-refractivity contribution in [3.8, 4) is 0 Å². The summed E-state index contributed by atoms with van der Waals surface area (Å²) in [5, 5.41) is 7.84. The zero-order valence-corrected chi connectivity index (χ0v) is 11.4. The predicted octanol–water partition coefficient (Wildman–Crippen LogP) is 1.95. The normalized spacial score (nSPS) is 23.7. The van der Waals surface area contributed by atoms with Crippen LogP contribution in [0.2, 0.25) is 0 Å². The molecule has 6 nitrogen and oxygen atoms in total. The van der Waals surface area contributed by atoms with E-state index in [2.05, 4.69) is 39.0 Å². The largest absolute Gasteiger partial charge is 0.368 e. The Morgan fingerprint density at radius 1 is 1.32 bits per heavy atom. The van der Waals surface area contributed by atoms with Gasteiger partial charge in [-0.2, -0.15) is 15.1 Å². The molecule has 1 aliphatic carbocycles. The highest BCUT2D eigenvalue weighted by molar-refractivity contribution is 5.87. The molecule has 2 heterocycles. The van der Waals surface area contributed by atoms with Crippen molar-refractivity contribution in [2.75, 3.05) is 17.7 Å². The molecule has 1 saturated carbocycles. The van der Waals surface area contributed by atoms with Gasteiger partial charge in [-0.15, -0.1) is 0 Å². The minimum Gasteiger partial charge on any atom is -0.368 e. The smallest absolute Gasteiger partial charge is 0.224 e. The lowest BCUT2D eigenvalue weighted by molar-refractivity contribution is 0.321. The van der Waals surface area contributed by atoms with E-state index in [9.17, 15) is 0 Å². The van der Waals surface area contributed by atoms with Crippen molar-refractivity contribution in [3.63, 3.8) is 0 Å². The van der Waals surface area contributed by atoms with Gasteiger partial charge in [-0.1, -0.05) is 19.8 Å². The summed E-state index contributed by atoms with van der Waals surface area (Å²) < 4.78 is 0. The van der Waals surface area contributed by atoms with Crippen LogP contribution >= 0.6 is 0 Å². The van der Waals surface area contributed by atoms with Gasteiger partial charge >= 0.3 is 0 Å². The summed E-state index contributed by atoms with van der Waals surface area (Å²) in [7, 11) is 2.10. The molecule has 0 aliphatic heterocycles. The third-order valence-corrected chi connectivity index (χ3v) is 4.20. The van der Waals surface area contributed by atoms with Crippen LogP contribution < -0.4 is 10.6 Å². The second kappa shape index (κ2) is 4.68. The molecule has 0 saturated heterocycles. The van der Waals surface area contributed by atoms with E-state index in [1.807, 2.05) is 0 Å². The summed E-state index contributed by atoms with van der Waals surface area (Å²) in [6, 6.07) is 0.515. The molecule has 2 aromatic heterocycles. The van der Waals surface area contributed by atoms with Gasteiger partial charge < -0.3 is 10.6 Å². The molecule has 3 rings (SSSR count). The van der Waals surface area contributed by atoms with Crippen LogP contribution in [0.15, 0.2) is 6.20 Å². The van der Waals surface area contributed by atoms with Crippen LogP contribution in [0.5, 0.6) is 0 Å². The lowest BCUT2D eigenvalue weighted by atomic mass is 9.85. The zero-order chi connectivity index (χ0) is 13.4. The second-order valence-corrected chi connectivity index (χ2v) is 5.48. The summed E-state index contributed by atoms with van der Waals surface area (Å²) >= 11 is 0. The number of nitrogens with two attached hydrogens (primary N) is 1. The van der Waals surface area contributed by atoms with E-state index in [-0.39, 0.29) is 0 Å². The average molecular weight is 260 g/mol. The topological polar surface area (TPSA) is 83.7 Å². The first-order valence-corrected chi connectivity index (χ1v) is 6.86. The molecule has 1 aliphatic rings. The Morgan fingerprint density at radius 2 is 2.11 bits per heavy atom. The number of nitrogens with zero attached hydrogens (tertiary/aromatic N) is 4. The maximum atomic E-state index is 5.79. The van der Waals surface area contributed by atoms with E-state index in [0.29, 0.717) is 23.6 Å². The van der Waals surface area contributed by atoms with E-state index >= 15 is 0 Å². The van der Waals surface area contributed by atoms with Crippen LogP contribution in [0.4, 0.5) is 11.8 Å². The Morgan fingerprint density at radius 3 is 2.89 bits per heavy atom. The van der Waals surface area contributed by atoms with E-state index < -0.39 is 0 Å². The molecule has 0 amide bonds. The molecule has 0 aromatic carbocycles. The molecule has 2 atom stereocenters. The van der Waals surface area contributed by atoms with Gasteiger partial charge in [0.05, 0.1) is 11.6 Å². The third-order valence-electron chi connectivity index (χ3n) is 4.20. The van der Waals surface area contributed by atoms with Crippen LogP contribution in [0.25, 0.3) is 11.0 Å². The SMILES string of the molecule is CC1CCCCC1N(C)c1nc(N)nc2[nH]ncc12. The highest BCUT2D eigenvalue weighted by Gasteiger charge is 2.27. The van der Waals surface area contributed by atoms with Crippen LogP contribution in [0, 0.1) is 5.92 Å². The fourth-order valence-electron chi connectivity index (χ4n) is 3.13. The highest BCUT2D eigenvalue weighted by atomic mass is 15.2. The van der Waals surface area contributed by atoms with Crippen LogP contribution in [0.3, 0.4) is 0 Å². The predicted molar refractivity (Wildman–Crippen MR) is 75.9 cm³/mol. The van der Waals surface area contributed by atoms with Gasteiger partial charge in [-0.25, -0.2) is 0 Å². The molecule has 0 spiro atoms. The number of H-pyrrole nitrogens is 1. The highest BCUT2D eigenvalue weighted by Crippen LogP contribution is 2.32. The zero-order valence-electron chi connectivity index (χ0n) is 11.4. The molecular weight excluding hydrogens is 240 g/mol. The third kappa shape index (κ3) is 2.11. The number of nitrogens with one attached hydrogen (secondary N) is 1. The first-order chi connectivity index (χ1) is 9.16. The van der Waals surface area contributed by atoms with Crippen molar-refractivity contribution in [2.24, 2.45) is 5.92 Å². The van der Waals surface area contributed by atoms with E-state index in [0.717, 1.165) is 11.2 Å². The Kier molecular flexibility index (Phi) is 3.00. The van der Waals surface area contributed by atoms with E-state index in [1.54, 1.807) is 6.20 Å². The van der Waals surface area contributed by atoms with Crippen LogP contribution in [-0.2, 0) is 0 Å². The summed E-state index contributed by atoms with van der Waals surface area (Å²) in [5.41, 5.74) is 6.50. The van der Waals surface area contributed by atoms with Crippen molar-refractivity contribution in [1.29, 1.82) is 0 Å². The van der Waals surface area contributed by atoms with Gasteiger partial charge in [0.2, 0.25) is 5.95 Å². The van der Waals surface area contributed by atoms with Gasteiger partial charge in [-0.3, -0.25) is 5.10 Å². The van der Waals surface area contributed by atoms with Crippen LogP contribution in [-0.4, -0.2) is 33.3 Å². The molecule has 2 aromatic rings. The lowest BCUT2D eigenvalue weighted by Gasteiger charge is -2.37. The van der Waals surface area contributed by atoms with Gasteiger partial charge in [0.1, 0.15) is 5.82 Å². The number of hydrogen-bond donors (Lipinski definition) is 2. The Balaban J connectivity index is 2.00. The number of nitrogen functional groups attached to an aromatic ring is 1. The molecule has 3 N–H and O–H groups in total. The van der Waals surface area contributed by atoms with Crippen molar-refractivity contribution in [2.45, 2.75) is 38.6 Å². The summed E-state index contributed by atoms with van der Waals surface area (Å²) in [4.78, 5) is 10.8. The molecule has 102 valence electrons. The molecule has 19 heavy (non-hydrogen) atoms. The number of anilines is 2. The first-order valence-electron chi connectivity index (χ1n) is 6.86. The summed E-state index contributed by atoms with van der Waals surface area (Å²) in [5.74, 6) is 1.86. The number of hydrogen-bond acceptors (Lipinski definition) is 5. The monoisotopic (exact) mass is 260 g/mol. The fraction of sp³-hybridized carbons (Fsp3) is 0.615. The van der Waals surface area contributed by atoms with Crippen molar-refractivity contribution >= 4 is 22.8 Å². The number of fused-ring (bicyclic) bond motifs is 1. The molecule has 0 radical (unpaired) electrons. The van der Waals surface area contributed by atoms with E-state index in [1.165, 1.54) is 25.7 Å². The Labute approximate surface area is 112 Å². The van der Waals surface area contributed by atoms with Gasteiger partial charge in [0.25, 0.3) is 0 Å². The standard InChI is InChI=1S/C13H20N6/c1-8-5-3-4-6-10(8)19(2)12-9-7-15-18-11(9)16-13(14)17-12/h7-8,10H,3-6H2,1-2H3,(H3,14,15,16,17,18). The molecular formula is C13H20N6. The molecule has 2 unspecified atom stereocenters. The summed E-state index contributed by atoms with van der Waals surface area (Å²) in [6.07, 6.45) is 6.88. The molecule has 0 bridgehead atoms. The Bertz CT molecular complexity index is 578.